The third-order valence-corrected chi connectivity index (χ3v) is 8.24. The van der Waals surface area contributed by atoms with Gasteiger partial charge in [0.05, 0.1) is 0 Å². The van der Waals surface area contributed by atoms with Crippen molar-refractivity contribution in [3.63, 3.8) is 0 Å². The molecule has 1 aliphatic rings. The zero-order chi connectivity index (χ0) is 32.9. The van der Waals surface area contributed by atoms with Gasteiger partial charge < -0.3 is 10.6 Å². The minimum Gasteiger partial charge on any atom is -0.345 e. The Morgan fingerprint density at radius 1 is 0.804 bits per heavy atom. The molecule has 5 nitrogen and oxygen atoms in total. The van der Waals surface area contributed by atoms with Gasteiger partial charge in [-0.3, -0.25) is 14.5 Å². The van der Waals surface area contributed by atoms with Gasteiger partial charge in [-0.15, -0.1) is 0 Å². The molecule has 46 heavy (non-hydrogen) atoms. The molecule has 1 aliphatic heterocycles. The molecule has 1 fully saturated rings. The standard InChI is InChI=1S/C36H34F5N3O2/c1-35(37,38)28-15-11-26(12-16-28)30-9-5-6-10-31(30)33(45)43-29-17-13-24(14-18-29)25-19-21-44(22-20-25)32(27-7-3-2-4-8-27)34(46)42-23-36(39,40)41/h2-18,25,32H,19-23H2,1H3,(H,42,46)(H,43,45). The molecule has 10 heteroatoms. The van der Waals surface area contributed by atoms with E-state index in [2.05, 4.69) is 5.32 Å². The fourth-order valence-electron chi connectivity index (χ4n) is 5.85. The second-order valence-corrected chi connectivity index (χ2v) is 11.5. The van der Waals surface area contributed by atoms with Crippen molar-refractivity contribution < 1.29 is 31.5 Å². The number of nitrogens with one attached hydrogen (secondary N) is 2. The molecule has 1 atom stereocenters. The predicted octanol–water partition coefficient (Wildman–Crippen LogP) is 8.32. The van der Waals surface area contributed by atoms with E-state index in [0.29, 0.717) is 53.9 Å². The second-order valence-electron chi connectivity index (χ2n) is 11.5. The molecule has 1 unspecified atom stereocenters. The maximum atomic E-state index is 13.7. The van der Waals surface area contributed by atoms with Gasteiger partial charge in [0.15, 0.2) is 0 Å². The summed E-state index contributed by atoms with van der Waals surface area (Å²) in [5, 5.41) is 4.97. The summed E-state index contributed by atoms with van der Waals surface area (Å²) in [5.74, 6) is -3.80. The largest absolute Gasteiger partial charge is 0.405 e. The summed E-state index contributed by atoms with van der Waals surface area (Å²) in [4.78, 5) is 28.1. The lowest BCUT2D eigenvalue weighted by Crippen LogP contribution is -2.46. The van der Waals surface area contributed by atoms with Crippen LogP contribution in [0.5, 0.6) is 0 Å². The number of anilines is 1. The Bertz CT molecular complexity index is 1630. The van der Waals surface area contributed by atoms with Crippen LogP contribution >= 0.6 is 0 Å². The van der Waals surface area contributed by atoms with Crippen molar-refractivity contribution in [3.05, 3.63) is 125 Å². The Labute approximate surface area is 264 Å². The summed E-state index contributed by atoms with van der Waals surface area (Å²) in [6, 6.07) is 28.4. The molecule has 0 spiro atoms. The number of likely N-dealkylation sites (tertiary alicyclic amines) is 1. The Hall–Kier alpha value is -4.57. The molecule has 1 heterocycles. The minimum absolute atomic E-state index is 0.105. The number of carbonyl (C=O) groups is 2. The maximum Gasteiger partial charge on any atom is 0.405 e. The van der Waals surface area contributed by atoms with Crippen LogP contribution in [0.3, 0.4) is 0 Å². The quantitative estimate of drug-likeness (QED) is 0.182. The normalized spacial score (nSPS) is 15.3. The molecule has 1 saturated heterocycles. The van der Waals surface area contributed by atoms with Crippen molar-refractivity contribution in [2.45, 2.75) is 43.8 Å². The number of nitrogens with zero attached hydrogens (tertiary/aromatic N) is 1. The highest BCUT2D eigenvalue weighted by Gasteiger charge is 2.34. The molecule has 4 aromatic rings. The summed E-state index contributed by atoms with van der Waals surface area (Å²) in [6.45, 7) is 0.505. The summed E-state index contributed by atoms with van der Waals surface area (Å²) in [6.07, 6.45) is -3.09. The predicted molar refractivity (Wildman–Crippen MR) is 168 cm³/mol. The topological polar surface area (TPSA) is 61.4 Å². The molecule has 2 amide bonds. The molecule has 5 rings (SSSR count). The van der Waals surface area contributed by atoms with E-state index < -0.39 is 30.6 Å². The molecule has 2 N–H and O–H groups in total. The molecule has 240 valence electrons. The van der Waals surface area contributed by atoms with Crippen LogP contribution in [-0.4, -0.2) is 42.5 Å². The highest BCUT2D eigenvalue weighted by atomic mass is 19.4. The second kappa shape index (κ2) is 13.8. The number of piperidine rings is 1. The van der Waals surface area contributed by atoms with Crippen molar-refractivity contribution >= 4 is 17.5 Å². The molecule has 0 aliphatic carbocycles. The number of benzene rings is 4. The van der Waals surface area contributed by atoms with E-state index in [4.69, 9.17) is 0 Å². The van der Waals surface area contributed by atoms with Crippen LogP contribution in [0, 0.1) is 0 Å². The summed E-state index contributed by atoms with van der Waals surface area (Å²) < 4.78 is 65.8. The first-order chi connectivity index (χ1) is 21.9. The maximum absolute atomic E-state index is 13.7. The molecule has 0 radical (unpaired) electrons. The first-order valence-electron chi connectivity index (χ1n) is 15.0. The van der Waals surface area contributed by atoms with Crippen LogP contribution in [-0.2, 0) is 10.7 Å². The summed E-state index contributed by atoms with van der Waals surface area (Å²) in [7, 11) is 0. The highest BCUT2D eigenvalue weighted by molar-refractivity contribution is 6.08. The molecule has 0 bridgehead atoms. The van der Waals surface area contributed by atoms with Crippen LogP contribution < -0.4 is 10.6 Å². The SMILES string of the molecule is CC(F)(F)c1ccc(-c2ccccc2C(=O)Nc2ccc(C3CCN(C(C(=O)NCC(F)(F)F)c4ccccc4)CC3)cc2)cc1. The van der Waals surface area contributed by atoms with Crippen LogP contribution in [0.4, 0.5) is 27.6 Å². The number of halogens is 5. The monoisotopic (exact) mass is 635 g/mol. The number of hydrogen-bond donors (Lipinski definition) is 2. The fourth-order valence-corrected chi connectivity index (χ4v) is 5.85. The zero-order valence-electron chi connectivity index (χ0n) is 25.2. The molecule has 0 aromatic heterocycles. The Kier molecular flexibility index (Phi) is 9.86. The van der Waals surface area contributed by atoms with E-state index in [9.17, 15) is 31.5 Å². The molecular formula is C36H34F5N3O2. The van der Waals surface area contributed by atoms with E-state index in [0.717, 1.165) is 12.5 Å². The fraction of sp³-hybridized carbons (Fsp3) is 0.278. The lowest BCUT2D eigenvalue weighted by molar-refractivity contribution is -0.142. The number of hydrogen-bond acceptors (Lipinski definition) is 3. The van der Waals surface area contributed by atoms with Crippen LogP contribution in [0.15, 0.2) is 103 Å². The molecule has 4 aromatic carbocycles. The Balaban J connectivity index is 1.22. The van der Waals surface area contributed by atoms with Gasteiger partial charge in [-0.25, -0.2) is 8.78 Å². The third-order valence-electron chi connectivity index (χ3n) is 8.24. The van der Waals surface area contributed by atoms with Crippen LogP contribution in [0.2, 0.25) is 0 Å². The minimum atomic E-state index is -4.50. The first-order valence-corrected chi connectivity index (χ1v) is 15.0. The lowest BCUT2D eigenvalue weighted by Gasteiger charge is -2.37. The van der Waals surface area contributed by atoms with Gasteiger partial charge in [-0.1, -0.05) is 84.9 Å². The van der Waals surface area contributed by atoms with Crippen LogP contribution in [0.25, 0.3) is 11.1 Å². The average Bonchev–Trinajstić information content (AvgIpc) is 3.04. The smallest absolute Gasteiger partial charge is 0.345 e. The summed E-state index contributed by atoms with van der Waals surface area (Å²) >= 11 is 0. The van der Waals surface area contributed by atoms with Crippen molar-refractivity contribution in [3.8, 4) is 11.1 Å². The van der Waals surface area contributed by atoms with Gasteiger partial charge in [0, 0.05) is 23.7 Å². The lowest BCUT2D eigenvalue weighted by atomic mass is 9.88. The van der Waals surface area contributed by atoms with E-state index in [1.54, 1.807) is 66.7 Å². The Morgan fingerprint density at radius 3 is 2.02 bits per heavy atom. The van der Waals surface area contributed by atoms with Gasteiger partial charge in [-0.05, 0) is 72.3 Å². The van der Waals surface area contributed by atoms with Crippen molar-refractivity contribution in [1.82, 2.24) is 10.2 Å². The number of carbonyl (C=O) groups excluding carboxylic acids is 2. The van der Waals surface area contributed by atoms with Gasteiger partial charge in [0.1, 0.15) is 12.6 Å². The van der Waals surface area contributed by atoms with Crippen LogP contribution in [0.1, 0.15) is 58.8 Å². The van der Waals surface area contributed by atoms with Gasteiger partial charge >= 0.3 is 6.18 Å². The van der Waals surface area contributed by atoms with Gasteiger partial charge in [0.25, 0.3) is 11.8 Å². The zero-order valence-corrected chi connectivity index (χ0v) is 25.2. The van der Waals surface area contributed by atoms with Crippen molar-refractivity contribution in [2.75, 3.05) is 25.0 Å². The van der Waals surface area contributed by atoms with Gasteiger partial charge in [-0.2, -0.15) is 13.2 Å². The first kappa shape index (κ1) is 32.8. The summed E-state index contributed by atoms with van der Waals surface area (Å²) in [5.41, 5.74) is 3.86. The van der Waals surface area contributed by atoms with E-state index in [1.165, 1.54) is 12.1 Å². The average molecular weight is 636 g/mol. The van der Waals surface area contributed by atoms with Gasteiger partial charge in [0.2, 0.25) is 5.91 Å². The van der Waals surface area contributed by atoms with Crippen molar-refractivity contribution in [2.24, 2.45) is 0 Å². The van der Waals surface area contributed by atoms with E-state index in [-0.39, 0.29) is 17.4 Å². The van der Waals surface area contributed by atoms with E-state index >= 15 is 0 Å². The van der Waals surface area contributed by atoms with E-state index in [1.807, 2.05) is 34.5 Å². The molecule has 0 saturated carbocycles. The third kappa shape index (κ3) is 8.17. The number of amides is 2. The highest BCUT2D eigenvalue weighted by Crippen LogP contribution is 2.34. The number of alkyl halides is 5. The number of rotatable bonds is 9. The van der Waals surface area contributed by atoms with Crippen molar-refractivity contribution in [1.29, 1.82) is 0 Å². The molecular weight excluding hydrogens is 601 g/mol. The Morgan fingerprint density at radius 2 is 1.41 bits per heavy atom.